The van der Waals surface area contributed by atoms with Gasteiger partial charge < -0.3 is 20.5 Å². The number of urea groups is 1. The number of amides is 2. The second-order valence-electron chi connectivity index (χ2n) is 7.16. The van der Waals surface area contributed by atoms with Crippen LogP contribution in [0.3, 0.4) is 0 Å². The van der Waals surface area contributed by atoms with Crippen molar-refractivity contribution in [2.45, 2.75) is 70.1 Å². The van der Waals surface area contributed by atoms with Crippen LogP contribution in [0.15, 0.2) is 0 Å². The van der Waals surface area contributed by atoms with E-state index in [0.29, 0.717) is 0 Å². The molecule has 20 heavy (non-hydrogen) atoms. The summed E-state index contributed by atoms with van der Waals surface area (Å²) in [6, 6.07) is -0.0678. The van der Waals surface area contributed by atoms with Crippen molar-refractivity contribution >= 4 is 6.03 Å². The third kappa shape index (κ3) is 2.42. The van der Waals surface area contributed by atoms with Gasteiger partial charge in [-0.05, 0) is 26.2 Å². The first-order chi connectivity index (χ1) is 9.28. The number of nitrogens with one attached hydrogen (secondary N) is 2. The van der Waals surface area contributed by atoms with Gasteiger partial charge in [-0.15, -0.1) is 0 Å². The van der Waals surface area contributed by atoms with E-state index >= 15 is 0 Å². The molecular weight excluding hydrogens is 256 g/mol. The monoisotopic (exact) mass is 284 g/mol. The summed E-state index contributed by atoms with van der Waals surface area (Å²) in [5, 5.41) is 15.6. The van der Waals surface area contributed by atoms with Gasteiger partial charge in [-0.1, -0.05) is 26.7 Å². The van der Waals surface area contributed by atoms with Crippen LogP contribution in [-0.4, -0.2) is 42.0 Å². The quantitative estimate of drug-likeness (QED) is 0.737. The summed E-state index contributed by atoms with van der Waals surface area (Å²) in [6.45, 7) is 6.32. The lowest BCUT2D eigenvalue weighted by atomic mass is 9.56. The Bertz CT molecular complexity index is 377. The molecule has 0 heterocycles. The van der Waals surface area contributed by atoms with Gasteiger partial charge in [0.2, 0.25) is 0 Å². The normalized spacial score (nSPS) is 34.4. The second kappa shape index (κ2) is 5.19. The fourth-order valence-electron chi connectivity index (χ4n) is 3.53. The number of hydrogen-bond acceptors (Lipinski definition) is 3. The van der Waals surface area contributed by atoms with E-state index in [1.165, 1.54) is 0 Å². The van der Waals surface area contributed by atoms with Gasteiger partial charge in [0.1, 0.15) is 0 Å². The van der Waals surface area contributed by atoms with E-state index in [2.05, 4.69) is 31.4 Å². The molecule has 2 rings (SSSR count). The molecule has 2 amide bonds. The Kier molecular flexibility index (Phi) is 4.04. The molecule has 2 aliphatic carbocycles. The first-order valence-corrected chi connectivity index (χ1v) is 7.53. The smallest absolute Gasteiger partial charge is 0.315 e. The summed E-state index contributed by atoms with van der Waals surface area (Å²) in [6.07, 6.45) is 4.67. The van der Waals surface area contributed by atoms with Crippen molar-refractivity contribution in [2.75, 3.05) is 13.7 Å². The fourth-order valence-corrected chi connectivity index (χ4v) is 3.53. The number of rotatable bonds is 4. The lowest BCUT2D eigenvalue weighted by Crippen LogP contribution is -2.70. The Balaban J connectivity index is 1.90. The number of carbonyl (C=O) groups excluding carboxylic acids is 1. The molecule has 2 aliphatic rings. The van der Waals surface area contributed by atoms with Crippen molar-refractivity contribution in [3.8, 4) is 0 Å². The highest BCUT2D eigenvalue weighted by Gasteiger charge is 2.58. The van der Waals surface area contributed by atoms with Gasteiger partial charge in [0.25, 0.3) is 0 Å². The zero-order chi connectivity index (χ0) is 15.0. The van der Waals surface area contributed by atoms with E-state index in [9.17, 15) is 9.90 Å². The molecule has 3 N–H and O–H groups in total. The molecule has 0 aliphatic heterocycles. The molecule has 0 spiro atoms. The van der Waals surface area contributed by atoms with Gasteiger partial charge >= 0.3 is 6.03 Å². The molecule has 0 aromatic carbocycles. The lowest BCUT2D eigenvalue weighted by Gasteiger charge is -2.59. The Labute approximate surface area is 121 Å². The average molecular weight is 284 g/mol. The van der Waals surface area contributed by atoms with Crippen molar-refractivity contribution in [1.82, 2.24) is 10.6 Å². The Hall–Kier alpha value is -0.810. The zero-order valence-corrected chi connectivity index (χ0v) is 13.1. The summed E-state index contributed by atoms with van der Waals surface area (Å²) in [4.78, 5) is 12.2. The highest BCUT2D eigenvalue weighted by Crippen LogP contribution is 2.51. The van der Waals surface area contributed by atoms with E-state index in [4.69, 9.17) is 4.74 Å². The number of ether oxygens (including phenoxy) is 1. The molecule has 2 unspecified atom stereocenters. The number of methoxy groups -OCH3 is 1. The molecule has 0 aromatic heterocycles. The van der Waals surface area contributed by atoms with Crippen LogP contribution in [0.5, 0.6) is 0 Å². The topological polar surface area (TPSA) is 70.6 Å². The summed E-state index contributed by atoms with van der Waals surface area (Å²) in [5.41, 5.74) is -0.698. The Morgan fingerprint density at radius 3 is 2.35 bits per heavy atom. The van der Waals surface area contributed by atoms with Crippen LogP contribution < -0.4 is 10.6 Å². The largest absolute Gasteiger partial charge is 0.394 e. The van der Waals surface area contributed by atoms with Crippen molar-refractivity contribution in [1.29, 1.82) is 0 Å². The summed E-state index contributed by atoms with van der Waals surface area (Å²) in [5.74, 6) is 0. The summed E-state index contributed by atoms with van der Waals surface area (Å²) >= 11 is 0. The molecule has 2 saturated carbocycles. The molecule has 5 heteroatoms. The first kappa shape index (κ1) is 15.6. The van der Waals surface area contributed by atoms with E-state index in [1.54, 1.807) is 7.11 Å². The van der Waals surface area contributed by atoms with Gasteiger partial charge in [0.05, 0.1) is 17.7 Å². The minimum absolute atomic E-state index is 0.0181. The maximum atomic E-state index is 12.2. The van der Waals surface area contributed by atoms with Crippen molar-refractivity contribution in [3.63, 3.8) is 0 Å². The van der Waals surface area contributed by atoms with Crippen LogP contribution in [0.25, 0.3) is 0 Å². The molecule has 0 saturated heterocycles. The van der Waals surface area contributed by atoms with Crippen molar-refractivity contribution < 1.29 is 14.6 Å². The minimum atomic E-state index is -0.414. The van der Waals surface area contributed by atoms with E-state index in [1.807, 2.05) is 0 Å². The summed E-state index contributed by atoms with van der Waals surface area (Å²) in [7, 11) is 1.72. The van der Waals surface area contributed by atoms with Crippen LogP contribution in [0.2, 0.25) is 0 Å². The van der Waals surface area contributed by atoms with Gasteiger partial charge in [-0.2, -0.15) is 0 Å². The number of aliphatic hydroxyl groups is 1. The standard InChI is InChI=1S/C15H28N2O3/c1-13(2)11(9-14(13,3)20-4)16-12(19)17-15(10-18)7-5-6-8-15/h11,18H,5-10H2,1-4H3,(H2,16,17,19). The predicted molar refractivity (Wildman–Crippen MR) is 77.6 cm³/mol. The van der Waals surface area contributed by atoms with Crippen LogP contribution in [0, 0.1) is 5.41 Å². The molecule has 0 aromatic rings. The molecule has 2 fully saturated rings. The SMILES string of the molecule is COC1(C)CC(NC(=O)NC2(CO)CCCC2)C1(C)C. The van der Waals surface area contributed by atoms with Crippen LogP contribution in [0.4, 0.5) is 4.79 Å². The molecule has 0 bridgehead atoms. The average Bonchev–Trinajstić information content (AvgIpc) is 2.87. The van der Waals surface area contributed by atoms with E-state index in [-0.39, 0.29) is 29.7 Å². The van der Waals surface area contributed by atoms with Crippen LogP contribution in [-0.2, 0) is 4.74 Å². The van der Waals surface area contributed by atoms with E-state index < -0.39 is 5.54 Å². The summed E-state index contributed by atoms with van der Waals surface area (Å²) < 4.78 is 5.56. The van der Waals surface area contributed by atoms with Crippen LogP contribution in [0.1, 0.15) is 52.9 Å². The van der Waals surface area contributed by atoms with Crippen molar-refractivity contribution in [2.24, 2.45) is 5.41 Å². The minimum Gasteiger partial charge on any atom is -0.394 e. The van der Waals surface area contributed by atoms with Gasteiger partial charge in [0, 0.05) is 18.6 Å². The highest BCUT2D eigenvalue weighted by atomic mass is 16.5. The molecule has 116 valence electrons. The molecule has 2 atom stereocenters. The van der Waals surface area contributed by atoms with Gasteiger partial charge in [0.15, 0.2) is 0 Å². The second-order valence-corrected chi connectivity index (χ2v) is 7.16. The highest BCUT2D eigenvalue weighted by molar-refractivity contribution is 5.75. The zero-order valence-electron chi connectivity index (χ0n) is 13.1. The molecule has 0 radical (unpaired) electrons. The Morgan fingerprint density at radius 1 is 1.30 bits per heavy atom. The van der Waals surface area contributed by atoms with Crippen LogP contribution >= 0.6 is 0 Å². The lowest BCUT2D eigenvalue weighted by molar-refractivity contribution is -0.177. The number of aliphatic hydroxyl groups excluding tert-OH is 1. The number of hydrogen-bond donors (Lipinski definition) is 3. The maximum absolute atomic E-state index is 12.2. The van der Waals surface area contributed by atoms with E-state index in [0.717, 1.165) is 32.1 Å². The van der Waals surface area contributed by atoms with Gasteiger partial charge in [-0.25, -0.2) is 4.79 Å². The first-order valence-electron chi connectivity index (χ1n) is 7.53. The fraction of sp³-hybridized carbons (Fsp3) is 0.933. The maximum Gasteiger partial charge on any atom is 0.315 e. The van der Waals surface area contributed by atoms with Gasteiger partial charge in [-0.3, -0.25) is 0 Å². The predicted octanol–water partition coefficient (Wildman–Crippen LogP) is 1.79. The molecule has 5 nitrogen and oxygen atoms in total. The Morgan fingerprint density at radius 2 is 1.90 bits per heavy atom. The third-order valence-electron chi connectivity index (χ3n) is 5.83. The molecular formula is C15H28N2O3. The number of carbonyl (C=O) groups is 1. The van der Waals surface area contributed by atoms with Crippen molar-refractivity contribution in [3.05, 3.63) is 0 Å². The third-order valence-corrected chi connectivity index (χ3v) is 5.83.